The van der Waals surface area contributed by atoms with Crippen LogP contribution in [0.4, 0.5) is 5.69 Å². The van der Waals surface area contributed by atoms with Crippen LogP contribution in [0.1, 0.15) is 27.0 Å². The molecule has 0 heterocycles. The summed E-state index contributed by atoms with van der Waals surface area (Å²) in [6, 6.07) is 18.2. The number of nitrogens with zero attached hydrogens (tertiary/aromatic N) is 1. The van der Waals surface area contributed by atoms with Crippen molar-refractivity contribution in [3.8, 4) is 5.75 Å². The summed E-state index contributed by atoms with van der Waals surface area (Å²) in [5.74, 6) is -0.0216. The fraction of sp³-hybridized carbons (Fsp3) is 0.125. The SMILES string of the molecule is Cc1ccc(C)c(NC(=O)COc2ccc(/C=N/NC(=O)c3ccc(Br)cc3)cc2Br)c1. The van der Waals surface area contributed by atoms with Gasteiger partial charge in [0, 0.05) is 15.7 Å². The normalized spacial score (nSPS) is 10.8. The molecule has 32 heavy (non-hydrogen) atoms. The highest BCUT2D eigenvalue weighted by molar-refractivity contribution is 9.10. The van der Waals surface area contributed by atoms with Crippen molar-refractivity contribution in [2.24, 2.45) is 5.10 Å². The molecule has 2 amide bonds. The molecule has 0 bridgehead atoms. The molecule has 0 unspecified atom stereocenters. The fourth-order valence-electron chi connectivity index (χ4n) is 2.75. The molecule has 0 aliphatic carbocycles. The van der Waals surface area contributed by atoms with Crippen molar-refractivity contribution in [2.45, 2.75) is 13.8 Å². The first-order valence-corrected chi connectivity index (χ1v) is 11.3. The van der Waals surface area contributed by atoms with E-state index in [2.05, 4.69) is 47.7 Å². The Hall–Kier alpha value is -2.97. The smallest absolute Gasteiger partial charge is 0.271 e. The monoisotopic (exact) mass is 557 g/mol. The Morgan fingerprint density at radius 2 is 1.75 bits per heavy atom. The zero-order valence-electron chi connectivity index (χ0n) is 17.5. The minimum absolute atomic E-state index is 0.122. The summed E-state index contributed by atoms with van der Waals surface area (Å²) in [5.41, 5.74) is 6.58. The lowest BCUT2D eigenvalue weighted by molar-refractivity contribution is -0.118. The zero-order valence-corrected chi connectivity index (χ0v) is 20.7. The summed E-state index contributed by atoms with van der Waals surface area (Å²) in [7, 11) is 0. The van der Waals surface area contributed by atoms with Crippen molar-refractivity contribution in [1.82, 2.24) is 5.43 Å². The number of ether oxygens (including phenoxy) is 1. The molecule has 3 aromatic rings. The van der Waals surface area contributed by atoms with Crippen LogP contribution < -0.4 is 15.5 Å². The van der Waals surface area contributed by atoms with Crippen LogP contribution in [0.25, 0.3) is 0 Å². The van der Waals surface area contributed by atoms with E-state index in [1.165, 1.54) is 6.21 Å². The minimum Gasteiger partial charge on any atom is -0.483 e. The van der Waals surface area contributed by atoms with E-state index in [-0.39, 0.29) is 18.4 Å². The molecule has 0 radical (unpaired) electrons. The Morgan fingerprint density at radius 3 is 2.47 bits per heavy atom. The second kappa shape index (κ2) is 11.1. The van der Waals surface area contributed by atoms with Crippen molar-refractivity contribution in [3.63, 3.8) is 0 Å². The number of halogens is 2. The number of carbonyl (C=O) groups excluding carboxylic acids is 2. The molecule has 0 aliphatic heterocycles. The van der Waals surface area contributed by atoms with Crippen LogP contribution in [-0.4, -0.2) is 24.6 Å². The molecule has 2 N–H and O–H groups in total. The van der Waals surface area contributed by atoms with Gasteiger partial charge in [0.15, 0.2) is 6.61 Å². The third kappa shape index (κ3) is 6.77. The maximum absolute atomic E-state index is 12.3. The van der Waals surface area contributed by atoms with Gasteiger partial charge in [-0.15, -0.1) is 0 Å². The number of hydrazone groups is 1. The number of aryl methyl sites for hydroxylation is 2. The van der Waals surface area contributed by atoms with E-state index >= 15 is 0 Å². The summed E-state index contributed by atoms with van der Waals surface area (Å²) in [4.78, 5) is 24.3. The van der Waals surface area contributed by atoms with E-state index in [1.54, 1.807) is 42.5 Å². The highest BCUT2D eigenvalue weighted by atomic mass is 79.9. The predicted molar refractivity (Wildman–Crippen MR) is 133 cm³/mol. The van der Waals surface area contributed by atoms with Crippen molar-refractivity contribution < 1.29 is 14.3 Å². The number of rotatable bonds is 7. The first kappa shape index (κ1) is 23.7. The topological polar surface area (TPSA) is 79.8 Å². The van der Waals surface area contributed by atoms with Gasteiger partial charge in [-0.25, -0.2) is 5.43 Å². The van der Waals surface area contributed by atoms with Gasteiger partial charge in [0.1, 0.15) is 5.75 Å². The van der Waals surface area contributed by atoms with Crippen LogP contribution in [0.5, 0.6) is 5.75 Å². The van der Waals surface area contributed by atoms with E-state index in [9.17, 15) is 9.59 Å². The summed E-state index contributed by atoms with van der Waals surface area (Å²) in [6.07, 6.45) is 1.53. The van der Waals surface area contributed by atoms with E-state index < -0.39 is 0 Å². The van der Waals surface area contributed by atoms with E-state index in [1.807, 2.05) is 32.0 Å². The lowest BCUT2D eigenvalue weighted by Gasteiger charge is -2.11. The number of amides is 2. The van der Waals surface area contributed by atoms with Crippen LogP contribution in [0.15, 0.2) is 74.7 Å². The molecule has 0 saturated carbocycles. The number of hydrogen-bond acceptors (Lipinski definition) is 4. The van der Waals surface area contributed by atoms with E-state index in [4.69, 9.17) is 4.74 Å². The van der Waals surface area contributed by atoms with Crippen molar-refractivity contribution >= 4 is 55.6 Å². The second-order valence-corrected chi connectivity index (χ2v) is 8.82. The second-order valence-electron chi connectivity index (χ2n) is 7.05. The third-order valence-electron chi connectivity index (χ3n) is 4.47. The molecule has 8 heteroatoms. The van der Waals surface area contributed by atoms with Crippen LogP contribution in [0.3, 0.4) is 0 Å². The first-order chi connectivity index (χ1) is 15.3. The zero-order chi connectivity index (χ0) is 23.1. The van der Waals surface area contributed by atoms with Crippen LogP contribution >= 0.6 is 31.9 Å². The molecule has 3 rings (SSSR count). The Morgan fingerprint density at radius 1 is 1.00 bits per heavy atom. The van der Waals surface area contributed by atoms with Crippen molar-refractivity contribution in [1.29, 1.82) is 0 Å². The molecule has 6 nitrogen and oxygen atoms in total. The average Bonchev–Trinajstić information content (AvgIpc) is 2.76. The minimum atomic E-state index is -0.303. The average molecular weight is 559 g/mol. The van der Waals surface area contributed by atoms with Crippen LogP contribution in [0, 0.1) is 13.8 Å². The van der Waals surface area contributed by atoms with Gasteiger partial charge in [-0.3, -0.25) is 9.59 Å². The van der Waals surface area contributed by atoms with Crippen LogP contribution in [0.2, 0.25) is 0 Å². The standard InChI is InChI=1S/C24H21Br2N3O3/c1-15-3-4-16(2)21(11-15)28-23(30)14-32-22-10-5-17(12-20(22)26)13-27-29-24(31)18-6-8-19(25)9-7-18/h3-13H,14H2,1-2H3,(H,28,30)(H,29,31)/b27-13+. The Labute approximate surface area is 203 Å². The van der Waals surface area contributed by atoms with Gasteiger partial charge < -0.3 is 10.1 Å². The lowest BCUT2D eigenvalue weighted by atomic mass is 10.1. The van der Waals surface area contributed by atoms with Gasteiger partial charge in [-0.2, -0.15) is 5.10 Å². The molecule has 0 fully saturated rings. The Kier molecular flexibility index (Phi) is 8.19. The molecule has 0 aliphatic rings. The fourth-order valence-corrected chi connectivity index (χ4v) is 3.52. The number of carbonyl (C=O) groups is 2. The first-order valence-electron chi connectivity index (χ1n) is 9.70. The molecule has 164 valence electrons. The summed E-state index contributed by atoms with van der Waals surface area (Å²) < 4.78 is 7.19. The number of nitrogens with one attached hydrogen (secondary N) is 2. The Bertz CT molecular complexity index is 1160. The van der Waals surface area contributed by atoms with E-state index in [0.29, 0.717) is 15.8 Å². The third-order valence-corrected chi connectivity index (χ3v) is 5.62. The number of anilines is 1. The van der Waals surface area contributed by atoms with Crippen LogP contribution in [-0.2, 0) is 4.79 Å². The van der Waals surface area contributed by atoms with Gasteiger partial charge in [0.25, 0.3) is 11.8 Å². The van der Waals surface area contributed by atoms with Gasteiger partial charge >= 0.3 is 0 Å². The maximum Gasteiger partial charge on any atom is 0.271 e. The highest BCUT2D eigenvalue weighted by Crippen LogP contribution is 2.25. The van der Waals surface area contributed by atoms with Gasteiger partial charge in [0.2, 0.25) is 0 Å². The molecular weight excluding hydrogens is 538 g/mol. The summed E-state index contributed by atoms with van der Waals surface area (Å²) in [5, 5.41) is 6.85. The highest BCUT2D eigenvalue weighted by Gasteiger charge is 2.09. The molecule has 0 saturated heterocycles. The molecule has 0 aromatic heterocycles. The maximum atomic E-state index is 12.3. The predicted octanol–water partition coefficient (Wildman–Crippen LogP) is 5.61. The summed E-state index contributed by atoms with van der Waals surface area (Å²) >= 11 is 6.77. The molecule has 0 spiro atoms. The lowest BCUT2D eigenvalue weighted by Crippen LogP contribution is -2.20. The molecule has 0 atom stereocenters. The van der Waals surface area contributed by atoms with Crippen molar-refractivity contribution in [3.05, 3.63) is 91.9 Å². The molecular formula is C24H21Br2N3O3. The van der Waals surface area contributed by atoms with Gasteiger partial charge in [-0.1, -0.05) is 28.1 Å². The van der Waals surface area contributed by atoms with Gasteiger partial charge in [-0.05, 0) is 95.0 Å². The number of hydrogen-bond donors (Lipinski definition) is 2. The quantitative estimate of drug-likeness (QED) is 0.292. The van der Waals surface area contributed by atoms with E-state index in [0.717, 1.165) is 26.9 Å². The molecule has 3 aromatic carbocycles. The summed E-state index contributed by atoms with van der Waals surface area (Å²) in [6.45, 7) is 3.79. The number of benzene rings is 3. The Balaban J connectivity index is 1.53. The van der Waals surface area contributed by atoms with Crippen molar-refractivity contribution in [2.75, 3.05) is 11.9 Å². The largest absolute Gasteiger partial charge is 0.483 e. The van der Waals surface area contributed by atoms with Gasteiger partial charge in [0.05, 0.1) is 10.7 Å².